The SMILES string of the molecule is C.C.C.C=CCCC[C@@H]1[C@@H]2CC[C@@H](C2)[C@H]1OC(=O)C[C@H](C(=O)N1C[C@H](Oc2nc3cc(OC)ccc3nc2Cl)[C@@H](CC)[C@H]1C(=O)OC(C)(C)C)C(C)(C)C.C=CCCC[C@H]1[C@H]2CC[C@H](C2)[C@@H]1OC(=O)C[C@H](C(=O)N1C[C@H](Oc2nc3cc(OC)ccc3nc2Cl)[C@@H](CC)[C@H]1C(=O)OC(C)(C)C)C(C)(C)C.CC[C@@H]1[C@@H](Oc2nc3cc(OC)ccc3nc2Cl)CN[C@@H]1C(=O)OC(C)(C)C.Cl. The molecule has 7 fully saturated rings. The minimum Gasteiger partial charge on any atom is -0.497 e. The number of carbonyl (C=O) groups is 7. The molecule has 4 saturated carbocycles. The number of halogens is 4. The zero-order chi connectivity index (χ0) is 95.0. The third-order valence-corrected chi connectivity index (χ3v) is 27.4. The van der Waals surface area contributed by atoms with Crippen LogP contribution in [0.2, 0.25) is 15.5 Å². The third kappa shape index (κ3) is 27.7. The van der Waals surface area contributed by atoms with E-state index in [0.717, 1.165) is 70.6 Å². The van der Waals surface area contributed by atoms with Gasteiger partial charge in [0.2, 0.25) is 11.8 Å². The predicted octanol–water partition coefficient (Wildman–Crippen LogP) is 21.7. The van der Waals surface area contributed by atoms with Crippen molar-refractivity contribution in [2.75, 3.05) is 41.0 Å². The lowest BCUT2D eigenvalue weighted by Gasteiger charge is -2.36. The maximum Gasteiger partial charge on any atom is 0.329 e. The van der Waals surface area contributed by atoms with Crippen molar-refractivity contribution in [1.82, 2.24) is 45.0 Å². The van der Waals surface area contributed by atoms with Crippen LogP contribution in [0.15, 0.2) is 79.9 Å². The number of methoxy groups -OCH3 is 3. The Labute approximate surface area is 816 Å². The molecule has 0 spiro atoms. The number of unbranched alkanes of at least 4 members (excludes halogenated alkanes) is 2. The normalized spacial score (nSPS) is 24.9. The lowest BCUT2D eigenvalue weighted by molar-refractivity contribution is -0.168. The van der Waals surface area contributed by atoms with Gasteiger partial charge in [-0.1, -0.05) is 132 Å². The first-order valence-corrected chi connectivity index (χ1v) is 47.6. The van der Waals surface area contributed by atoms with Gasteiger partial charge < -0.3 is 67.2 Å². The molecule has 7 aliphatic rings. The van der Waals surface area contributed by atoms with Crippen molar-refractivity contribution >= 4 is 122 Å². The number of fused-ring (bicyclic) bond motifs is 7. The van der Waals surface area contributed by atoms with E-state index >= 15 is 0 Å². The van der Waals surface area contributed by atoms with Crippen LogP contribution in [0, 0.1) is 75.9 Å². The third-order valence-electron chi connectivity index (χ3n) is 26.6. The van der Waals surface area contributed by atoms with Gasteiger partial charge >= 0.3 is 29.8 Å². The first-order valence-electron chi connectivity index (χ1n) is 46.5. The predicted molar refractivity (Wildman–Crippen MR) is 527 cm³/mol. The van der Waals surface area contributed by atoms with Gasteiger partial charge in [-0.3, -0.25) is 24.0 Å². The van der Waals surface area contributed by atoms with Crippen LogP contribution in [0.4, 0.5) is 0 Å². The fourth-order valence-electron chi connectivity index (χ4n) is 20.3. The minimum atomic E-state index is -0.945. The van der Waals surface area contributed by atoms with Gasteiger partial charge in [-0.15, -0.1) is 25.6 Å². The topological polar surface area (TPSA) is 317 Å². The first kappa shape index (κ1) is 112. The molecule has 4 bridgehead atoms. The summed E-state index contributed by atoms with van der Waals surface area (Å²) in [5.41, 5.74) is 0.148. The zero-order valence-corrected chi connectivity index (χ0v) is 83.4. The fraction of sp³-hybridized carbons (Fsp3) is 0.660. The number of benzene rings is 3. The van der Waals surface area contributed by atoms with Crippen LogP contribution in [-0.2, 0) is 57.2 Å². The highest BCUT2D eigenvalue weighted by Gasteiger charge is 2.57. The number of nitrogens with one attached hydrogen (secondary N) is 1. The molecule has 27 nitrogen and oxygen atoms in total. The van der Waals surface area contributed by atoms with Crippen molar-refractivity contribution in [2.24, 2.45) is 75.9 Å². The molecular weight excluding hydrogens is 1790 g/mol. The van der Waals surface area contributed by atoms with E-state index in [0.29, 0.717) is 105 Å². The van der Waals surface area contributed by atoms with Crippen LogP contribution in [-0.4, -0.2) is 188 Å². The smallest absolute Gasteiger partial charge is 0.329 e. The van der Waals surface area contributed by atoms with Crippen molar-refractivity contribution in [3.05, 3.63) is 95.4 Å². The second-order valence-corrected chi connectivity index (χ2v) is 42.2. The molecule has 31 heteroatoms. The molecule has 4 aliphatic carbocycles. The summed E-state index contributed by atoms with van der Waals surface area (Å²) in [6.45, 7) is 42.3. The van der Waals surface area contributed by atoms with Crippen LogP contribution >= 0.6 is 47.2 Å². The zero-order valence-electron chi connectivity index (χ0n) is 80.3. The van der Waals surface area contributed by atoms with Crippen LogP contribution in [0.5, 0.6) is 34.9 Å². The van der Waals surface area contributed by atoms with Crippen molar-refractivity contribution < 1.29 is 85.7 Å². The number of esters is 5. The van der Waals surface area contributed by atoms with E-state index < -0.39 is 93.6 Å². The minimum absolute atomic E-state index is 0. The molecular formula is C103H151Cl4N9O18. The molecule has 3 aromatic carbocycles. The number of hydrogen-bond donors (Lipinski definition) is 1. The molecule has 0 unspecified atom stereocenters. The molecule has 19 atom stereocenters. The number of aromatic nitrogens is 6. The van der Waals surface area contributed by atoms with Gasteiger partial charge in [-0.05, 0) is 241 Å². The number of amides is 2. The van der Waals surface area contributed by atoms with Crippen molar-refractivity contribution in [2.45, 2.75) is 322 Å². The van der Waals surface area contributed by atoms with Crippen molar-refractivity contribution in [1.29, 1.82) is 0 Å². The second-order valence-electron chi connectivity index (χ2n) is 41.2. The highest BCUT2D eigenvalue weighted by atomic mass is 35.5. The fourth-order valence-corrected chi connectivity index (χ4v) is 20.9. The van der Waals surface area contributed by atoms with Gasteiger partial charge in [-0.25, -0.2) is 39.5 Å². The maximum atomic E-state index is 14.8. The average Bonchev–Trinajstić information content (AvgIpc) is 2.19. The molecule has 6 aromatic rings. The van der Waals surface area contributed by atoms with Gasteiger partial charge in [0.1, 0.15) is 82.7 Å². The lowest BCUT2D eigenvalue weighted by Crippen LogP contribution is -2.50. The average molecular weight is 1950 g/mol. The molecule has 13 rings (SSSR count). The van der Waals surface area contributed by atoms with Gasteiger partial charge in [0.25, 0.3) is 17.6 Å². The van der Waals surface area contributed by atoms with Crippen molar-refractivity contribution in [3.63, 3.8) is 0 Å². The number of rotatable bonds is 31. The van der Waals surface area contributed by atoms with Gasteiger partial charge in [0.05, 0.1) is 92.2 Å². The Kier molecular flexibility index (Phi) is 39.9. The van der Waals surface area contributed by atoms with Gasteiger partial charge in [0, 0.05) is 42.5 Å². The van der Waals surface area contributed by atoms with Crippen LogP contribution < -0.4 is 33.7 Å². The van der Waals surface area contributed by atoms with Crippen molar-refractivity contribution in [3.8, 4) is 34.9 Å². The summed E-state index contributed by atoms with van der Waals surface area (Å²) >= 11 is 19.5. The quantitative estimate of drug-likeness (QED) is 0.0183. The van der Waals surface area contributed by atoms with Gasteiger partial charge in [-0.2, -0.15) is 0 Å². The van der Waals surface area contributed by atoms with Gasteiger partial charge in [0.15, 0.2) is 15.5 Å². The summed E-state index contributed by atoms with van der Waals surface area (Å²) in [7, 11) is 4.73. The molecule has 0 radical (unpaired) electrons. The Hall–Kier alpha value is -8.63. The van der Waals surface area contributed by atoms with E-state index in [-0.39, 0.29) is 148 Å². The van der Waals surface area contributed by atoms with E-state index in [4.69, 9.17) is 86.9 Å². The Morgan fingerprint density at radius 2 is 0.769 bits per heavy atom. The van der Waals surface area contributed by atoms with E-state index in [1.807, 2.05) is 95.2 Å². The molecule has 1 N–H and O–H groups in total. The van der Waals surface area contributed by atoms with Crippen LogP contribution in [0.1, 0.15) is 256 Å². The Morgan fingerprint density at radius 1 is 0.448 bits per heavy atom. The van der Waals surface area contributed by atoms with E-state index in [1.54, 1.807) is 127 Å². The second kappa shape index (κ2) is 47.6. The summed E-state index contributed by atoms with van der Waals surface area (Å²) in [4.78, 5) is 128. The number of ether oxygens (including phenoxy) is 11. The molecule has 134 heavy (non-hydrogen) atoms. The molecule has 6 heterocycles. The molecule has 744 valence electrons. The van der Waals surface area contributed by atoms with E-state index in [9.17, 15) is 33.6 Å². The molecule has 2 amide bonds. The molecule has 3 saturated heterocycles. The Bertz CT molecular complexity index is 4790. The van der Waals surface area contributed by atoms with Crippen LogP contribution in [0.3, 0.4) is 0 Å². The summed E-state index contributed by atoms with van der Waals surface area (Å²) in [5, 5.41) is 3.54. The first-order chi connectivity index (χ1) is 61.3. The summed E-state index contributed by atoms with van der Waals surface area (Å²) in [5.74, 6) is -0.155. The number of nitrogens with zero attached hydrogens (tertiary/aromatic N) is 8. The molecule has 3 aromatic heterocycles. The number of hydrogen-bond acceptors (Lipinski definition) is 25. The highest BCUT2D eigenvalue weighted by molar-refractivity contribution is 6.31. The van der Waals surface area contributed by atoms with E-state index in [2.05, 4.69) is 48.4 Å². The highest BCUT2D eigenvalue weighted by Crippen LogP contribution is 2.54. The number of likely N-dealkylation sites (tertiary alicyclic amines) is 2. The Morgan fingerprint density at radius 3 is 1.07 bits per heavy atom. The maximum absolute atomic E-state index is 14.8. The number of allylic oxidation sites excluding steroid dienone is 2. The summed E-state index contributed by atoms with van der Waals surface area (Å²) < 4.78 is 64.8. The molecule has 3 aliphatic heterocycles. The number of carbonyl (C=O) groups excluding carboxylic acids is 7. The monoisotopic (exact) mass is 1940 g/mol. The Balaban J connectivity index is 0.000000281. The largest absolute Gasteiger partial charge is 0.497 e. The van der Waals surface area contributed by atoms with E-state index in [1.165, 1.54) is 12.8 Å². The summed E-state index contributed by atoms with van der Waals surface area (Å²) in [6.07, 6.45) is 16.4. The standard InChI is InChI=1S/2C40H56ClN3O7.C20H26ClN3O4.3CH4.ClH/c2*1-10-12-13-14-27-23-15-16-24(19-23)34(27)50-32(45)21-28(39(3,4)5)37(46)44-22-31(26(11-2)33(44)38(47)51-40(6,7)8)49-36-35(41)42-29-18-17-25(48-9)20-30(29)43-36;1-6-12-15(10-22-16(12)19(25)28-20(2,3)4)27-18-17(21)23-13-8-7-11(26-5)9-14(13)24-18;;;;/h2*10,17-18,20,23-24,26-28,31,33-34H,1,11-16,19,21-22H2,2-9H3;7-9,12,15-16,22H,6,10H2,1-5H3;3*1H4;1H/t23-,24+,26+,27-,28+,31-,33-,34-;23-,24+,26-,27-,28-,31+,33+,34-;12-,15+,16+;;;;/m011..../s1. The lowest BCUT2D eigenvalue weighted by atomic mass is 9.77. The van der Waals surface area contributed by atoms with Crippen LogP contribution in [0.25, 0.3) is 33.1 Å². The summed E-state index contributed by atoms with van der Waals surface area (Å²) in [6, 6.07) is 13.6.